The summed E-state index contributed by atoms with van der Waals surface area (Å²) in [6, 6.07) is 5.28. The van der Waals surface area contributed by atoms with Crippen LogP contribution in [-0.4, -0.2) is 23.4 Å². The van der Waals surface area contributed by atoms with E-state index in [1.807, 2.05) is 0 Å². The van der Waals surface area contributed by atoms with E-state index in [-0.39, 0.29) is 11.6 Å². The second-order valence-corrected chi connectivity index (χ2v) is 4.78. The number of hydrogen-bond acceptors (Lipinski definition) is 4. The Morgan fingerprint density at radius 2 is 2.21 bits per heavy atom. The van der Waals surface area contributed by atoms with Crippen LogP contribution < -0.4 is 10.6 Å². The molecule has 19 heavy (non-hydrogen) atoms. The quantitative estimate of drug-likeness (QED) is 0.607. The summed E-state index contributed by atoms with van der Waals surface area (Å²) in [7, 11) is 0. The van der Waals surface area contributed by atoms with Crippen molar-refractivity contribution in [3.8, 4) is 0 Å². The second-order valence-electron chi connectivity index (χ2n) is 4.78. The smallest absolute Gasteiger partial charge is 0.274 e. The Bertz CT molecular complexity index is 498. The van der Waals surface area contributed by atoms with Gasteiger partial charge >= 0.3 is 0 Å². The zero-order chi connectivity index (χ0) is 13.8. The van der Waals surface area contributed by atoms with Crippen LogP contribution in [0.2, 0.25) is 0 Å². The summed E-state index contributed by atoms with van der Waals surface area (Å²) >= 11 is 0. The molecule has 2 rings (SSSR count). The molecule has 1 saturated carbocycles. The molecular formula is C13H17N3O3. The number of anilines is 1. The second kappa shape index (κ2) is 5.79. The zero-order valence-corrected chi connectivity index (χ0v) is 10.8. The predicted molar refractivity (Wildman–Crippen MR) is 72.1 cm³/mol. The molecule has 1 aliphatic carbocycles. The number of hydrogen-bond donors (Lipinski definition) is 2. The summed E-state index contributed by atoms with van der Waals surface area (Å²) in [6.07, 6.45) is 2.75. The van der Waals surface area contributed by atoms with Gasteiger partial charge in [-0.05, 0) is 25.8 Å². The van der Waals surface area contributed by atoms with Gasteiger partial charge in [0.1, 0.15) is 0 Å². The minimum atomic E-state index is -0.445. The maximum Gasteiger partial charge on any atom is 0.274 e. The molecule has 6 heteroatoms. The predicted octanol–water partition coefficient (Wildman–Crippen LogP) is 1.98. The molecule has 1 aromatic rings. The van der Waals surface area contributed by atoms with E-state index in [4.69, 9.17) is 0 Å². The van der Waals surface area contributed by atoms with Crippen LogP contribution in [0.5, 0.6) is 0 Å². The highest BCUT2D eigenvalue weighted by molar-refractivity contribution is 5.91. The highest BCUT2D eigenvalue weighted by atomic mass is 16.6. The van der Waals surface area contributed by atoms with Crippen molar-refractivity contribution in [3.63, 3.8) is 0 Å². The number of amides is 1. The first-order valence-electron chi connectivity index (χ1n) is 6.34. The third-order valence-corrected chi connectivity index (χ3v) is 3.05. The van der Waals surface area contributed by atoms with Gasteiger partial charge in [0.05, 0.1) is 4.92 Å². The van der Waals surface area contributed by atoms with Gasteiger partial charge in [-0.2, -0.15) is 0 Å². The molecule has 1 amide bonds. The fourth-order valence-electron chi connectivity index (χ4n) is 1.78. The molecule has 1 aliphatic rings. The van der Waals surface area contributed by atoms with Gasteiger partial charge in [-0.25, -0.2) is 0 Å². The van der Waals surface area contributed by atoms with Crippen LogP contribution >= 0.6 is 0 Å². The van der Waals surface area contributed by atoms with E-state index >= 15 is 0 Å². The molecule has 0 unspecified atom stereocenters. The van der Waals surface area contributed by atoms with E-state index in [2.05, 4.69) is 10.6 Å². The summed E-state index contributed by atoms with van der Waals surface area (Å²) in [5.74, 6) is -0.133. The highest BCUT2D eigenvalue weighted by Crippen LogP contribution is 2.22. The van der Waals surface area contributed by atoms with Gasteiger partial charge in [-0.3, -0.25) is 14.9 Å². The van der Waals surface area contributed by atoms with Crippen molar-refractivity contribution >= 4 is 17.3 Å². The van der Waals surface area contributed by atoms with E-state index in [1.54, 1.807) is 19.1 Å². The van der Waals surface area contributed by atoms with E-state index in [1.165, 1.54) is 18.9 Å². The first-order valence-corrected chi connectivity index (χ1v) is 6.34. The number of nitrogens with zero attached hydrogens (tertiary/aromatic N) is 1. The molecule has 1 fully saturated rings. The molecule has 0 spiro atoms. The number of aryl methyl sites for hydroxylation is 1. The molecule has 0 aliphatic heterocycles. The normalized spacial score (nSPS) is 14.2. The number of carbonyl (C=O) groups is 1. The van der Waals surface area contributed by atoms with Crippen LogP contribution in [0, 0.1) is 17.0 Å². The Balaban J connectivity index is 1.88. The van der Waals surface area contributed by atoms with Gasteiger partial charge in [-0.15, -0.1) is 0 Å². The Hall–Kier alpha value is -1.95. The fraction of sp³-hybridized carbons (Fsp3) is 0.462. The number of nitro groups is 1. The minimum Gasteiger partial charge on any atom is -0.326 e. The maximum atomic E-state index is 11.7. The van der Waals surface area contributed by atoms with Gasteiger partial charge in [-0.1, -0.05) is 6.07 Å². The van der Waals surface area contributed by atoms with Gasteiger partial charge in [0.25, 0.3) is 5.69 Å². The lowest BCUT2D eigenvalue weighted by Gasteiger charge is -2.06. The molecule has 0 atom stereocenters. The lowest BCUT2D eigenvalue weighted by atomic mass is 10.2. The van der Waals surface area contributed by atoms with E-state index < -0.39 is 4.92 Å². The minimum absolute atomic E-state index is 0.0221. The zero-order valence-electron chi connectivity index (χ0n) is 10.8. The Morgan fingerprint density at radius 1 is 1.47 bits per heavy atom. The van der Waals surface area contributed by atoms with Crippen LogP contribution in [0.4, 0.5) is 11.4 Å². The van der Waals surface area contributed by atoms with Gasteiger partial charge in [0, 0.05) is 36.3 Å². The Kier molecular flexibility index (Phi) is 4.11. The van der Waals surface area contributed by atoms with Crippen molar-refractivity contribution in [2.75, 3.05) is 11.9 Å². The molecule has 102 valence electrons. The first-order chi connectivity index (χ1) is 9.06. The molecule has 0 aromatic heterocycles. The number of benzene rings is 1. The van der Waals surface area contributed by atoms with Gasteiger partial charge in [0.2, 0.25) is 5.91 Å². The average Bonchev–Trinajstić information content (AvgIpc) is 3.15. The van der Waals surface area contributed by atoms with Crippen LogP contribution in [0.15, 0.2) is 18.2 Å². The summed E-state index contributed by atoms with van der Waals surface area (Å²) in [5.41, 5.74) is 1.07. The number of nitro benzene ring substituents is 1. The molecule has 0 heterocycles. The molecule has 0 radical (unpaired) electrons. The summed E-state index contributed by atoms with van der Waals surface area (Å²) in [4.78, 5) is 22.0. The van der Waals surface area contributed by atoms with E-state index in [0.717, 1.165) is 0 Å². The van der Waals surface area contributed by atoms with Crippen molar-refractivity contribution in [3.05, 3.63) is 33.9 Å². The average molecular weight is 263 g/mol. The molecule has 0 bridgehead atoms. The third kappa shape index (κ3) is 4.03. The number of nitrogens with one attached hydrogen (secondary N) is 2. The topological polar surface area (TPSA) is 84.3 Å². The van der Waals surface area contributed by atoms with Crippen molar-refractivity contribution < 1.29 is 9.72 Å². The third-order valence-electron chi connectivity index (χ3n) is 3.05. The largest absolute Gasteiger partial charge is 0.326 e. The fourth-order valence-corrected chi connectivity index (χ4v) is 1.78. The monoisotopic (exact) mass is 263 g/mol. The lowest BCUT2D eigenvalue weighted by molar-refractivity contribution is -0.385. The molecular weight excluding hydrogens is 246 g/mol. The molecule has 0 saturated heterocycles. The van der Waals surface area contributed by atoms with E-state index in [9.17, 15) is 14.9 Å². The molecule has 1 aromatic carbocycles. The van der Waals surface area contributed by atoms with Crippen molar-refractivity contribution in [1.82, 2.24) is 5.32 Å². The maximum absolute atomic E-state index is 11.7. The van der Waals surface area contributed by atoms with Crippen molar-refractivity contribution in [1.29, 1.82) is 0 Å². The standard InChI is InChI=1S/C13H17N3O3/c1-9-2-3-11(8-12(9)16(18)19)15-13(17)6-7-14-10-4-5-10/h2-3,8,10,14H,4-7H2,1H3,(H,15,17). The van der Waals surface area contributed by atoms with Crippen LogP contribution in [-0.2, 0) is 4.79 Å². The first kappa shape index (κ1) is 13.5. The SMILES string of the molecule is Cc1ccc(NC(=O)CCNC2CC2)cc1[N+](=O)[O-]. The summed E-state index contributed by atoms with van der Waals surface area (Å²) in [6.45, 7) is 2.31. The van der Waals surface area contributed by atoms with Crippen molar-refractivity contribution in [2.45, 2.75) is 32.2 Å². The molecule has 6 nitrogen and oxygen atoms in total. The summed E-state index contributed by atoms with van der Waals surface area (Å²) in [5, 5.41) is 16.7. The van der Waals surface area contributed by atoms with Gasteiger partial charge in [0.15, 0.2) is 0 Å². The lowest BCUT2D eigenvalue weighted by Crippen LogP contribution is -2.23. The van der Waals surface area contributed by atoms with Crippen LogP contribution in [0.3, 0.4) is 0 Å². The molecule has 2 N–H and O–H groups in total. The van der Waals surface area contributed by atoms with Gasteiger partial charge < -0.3 is 10.6 Å². The Labute approximate surface area is 111 Å². The number of carbonyl (C=O) groups excluding carboxylic acids is 1. The number of rotatable bonds is 6. The Morgan fingerprint density at radius 3 is 2.84 bits per heavy atom. The van der Waals surface area contributed by atoms with Crippen LogP contribution in [0.1, 0.15) is 24.8 Å². The van der Waals surface area contributed by atoms with Crippen molar-refractivity contribution in [2.24, 2.45) is 0 Å². The summed E-state index contributed by atoms with van der Waals surface area (Å²) < 4.78 is 0. The highest BCUT2D eigenvalue weighted by Gasteiger charge is 2.20. The van der Waals surface area contributed by atoms with Crippen LogP contribution in [0.25, 0.3) is 0 Å². The van der Waals surface area contributed by atoms with E-state index in [0.29, 0.717) is 30.3 Å².